The average Bonchev–Trinajstić information content (AvgIpc) is 2.48. The van der Waals surface area contributed by atoms with Crippen LogP contribution in [0.4, 0.5) is 0 Å². The Labute approximate surface area is 113 Å². The number of hydrogen-bond acceptors (Lipinski definition) is 2. The van der Waals surface area contributed by atoms with Crippen LogP contribution in [0.2, 0.25) is 0 Å². The first kappa shape index (κ1) is 13.3. The minimum atomic E-state index is -0.104. The van der Waals surface area contributed by atoms with Crippen LogP contribution in [0.3, 0.4) is 0 Å². The van der Waals surface area contributed by atoms with Crippen molar-refractivity contribution in [3.63, 3.8) is 0 Å². The van der Waals surface area contributed by atoms with Gasteiger partial charge in [0.1, 0.15) is 0 Å². The molecule has 0 bridgehead atoms. The second-order valence-corrected chi connectivity index (χ2v) is 4.32. The number of hydrogen-bond donors (Lipinski definition) is 2. The van der Waals surface area contributed by atoms with Gasteiger partial charge in [-0.3, -0.25) is 10.2 Å². The number of carbonyl (C=O) groups is 1. The number of benzene rings is 2. The molecule has 0 fully saturated rings. The summed E-state index contributed by atoms with van der Waals surface area (Å²) in [4.78, 5) is 11.8. The van der Waals surface area contributed by atoms with Gasteiger partial charge in [-0.05, 0) is 29.7 Å². The van der Waals surface area contributed by atoms with Gasteiger partial charge in [-0.15, -0.1) is 0 Å². The molecule has 98 valence electrons. The van der Waals surface area contributed by atoms with Crippen LogP contribution < -0.4 is 10.9 Å². The second-order valence-electron chi connectivity index (χ2n) is 4.32. The molecule has 0 aliphatic carbocycles. The van der Waals surface area contributed by atoms with E-state index in [2.05, 4.69) is 23.0 Å². The highest BCUT2D eigenvalue weighted by molar-refractivity contribution is 5.94. The molecule has 2 aromatic carbocycles. The standard InChI is InChI=1S/C16H18N2O/c1-2-12-17-18-16(19)15-10-8-14(9-11-15)13-6-4-3-5-7-13/h3-11,17H,2,12H2,1H3,(H,18,19). The summed E-state index contributed by atoms with van der Waals surface area (Å²) in [5.74, 6) is -0.104. The minimum Gasteiger partial charge on any atom is -0.287 e. The molecular formula is C16H18N2O. The van der Waals surface area contributed by atoms with Crippen LogP contribution in [-0.2, 0) is 0 Å². The predicted octanol–water partition coefficient (Wildman–Crippen LogP) is 3.00. The lowest BCUT2D eigenvalue weighted by Crippen LogP contribution is -2.37. The summed E-state index contributed by atoms with van der Waals surface area (Å²) in [5.41, 5.74) is 8.47. The zero-order valence-electron chi connectivity index (χ0n) is 11.0. The van der Waals surface area contributed by atoms with E-state index in [4.69, 9.17) is 0 Å². The van der Waals surface area contributed by atoms with Gasteiger partial charge in [-0.25, -0.2) is 5.43 Å². The summed E-state index contributed by atoms with van der Waals surface area (Å²) in [6, 6.07) is 17.7. The molecule has 0 saturated heterocycles. The molecule has 0 atom stereocenters. The molecule has 0 aliphatic heterocycles. The maximum Gasteiger partial charge on any atom is 0.265 e. The van der Waals surface area contributed by atoms with Crippen LogP contribution in [0.1, 0.15) is 23.7 Å². The summed E-state index contributed by atoms with van der Waals surface area (Å²) in [5, 5.41) is 0. The first-order valence-corrected chi connectivity index (χ1v) is 6.50. The molecule has 0 spiro atoms. The number of nitrogens with one attached hydrogen (secondary N) is 2. The normalized spacial score (nSPS) is 10.2. The zero-order chi connectivity index (χ0) is 13.5. The lowest BCUT2D eigenvalue weighted by molar-refractivity contribution is 0.0933. The van der Waals surface area contributed by atoms with Crippen molar-refractivity contribution >= 4 is 5.91 Å². The highest BCUT2D eigenvalue weighted by Crippen LogP contribution is 2.18. The number of carbonyl (C=O) groups excluding carboxylic acids is 1. The Bertz CT molecular complexity index is 520. The topological polar surface area (TPSA) is 41.1 Å². The summed E-state index contributed by atoms with van der Waals surface area (Å²) < 4.78 is 0. The van der Waals surface area contributed by atoms with E-state index in [1.54, 1.807) is 0 Å². The Hall–Kier alpha value is -2.13. The third-order valence-electron chi connectivity index (χ3n) is 2.83. The molecule has 1 amide bonds. The molecule has 2 N–H and O–H groups in total. The molecule has 0 radical (unpaired) electrons. The quantitative estimate of drug-likeness (QED) is 0.636. The van der Waals surface area contributed by atoms with E-state index < -0.39 is 0 Å². The van der Waals surface area contributed by atoms with Crippen LogP contribution in [0.25, 0.3) is 11.1 Å². The lowest BCUT2D eigenvalue weighted by atomic mass is 10.0. The summed E-state index contributed by atoms with van der Waals surface area (Å²) in [7, 11) is 0. The molecule has 2 rings (SSSR count). The van der Waals surface area contributed by atoms with Gasteiger partial charge >= 0.3 is 0 Å². The Morgan fingerprint density at radius 2 is 1.58 bits per heavy atom. The molecule has 19 heavy (non-hydrogen) atoms. The molecule has 0 aliphatic rings. The molecule has 3 heteroatoms. The van der Waals surface area contributed by atoms with Crippen molar-refractivity contribution < 1.29 is 4.79 Å². The van der Waals surface area contributed by atoms with Crippen LogP contribution in [-0.4, -0.2) is 12.5 Å². The Balaban J connectivity index is 2.04. The van der Waals surface area contributed by atoms with Crippen LogP contribution >= 0.6 is 0 Å². The summed E-state index contributed by atoms with van der Waals surface area (Å²) >= 11 is 0. The molecule has 0 aromatic heterocycles. The van der Waals surface area contributed by atoms with Crippen molar-refractivity contribution in [2.45, 2.75) is 13.3 Å². The van der Waals surface area contributed by atoms with E-state index in [9.17, 15) is 4.79 Å². The fraction of sp³-hybridized carbons (Fsp3) is 0.188. The predicted molar refractivity (Wildman–Crippen MR) is 77.6 cm³/mol. The van der Waals surface area contributed by atoms with Gasteiger partial charge in [0.2, 0.25) is 0 Å². The van der Waals surface area contributed by atoms with E-state index in [0.29, 0.717) is 5.56 Å². The minimum absolute atomic E-state index is 0.104. The molecule has 0 unspecified atom stereocenters. The van der Waals surface area contributed by atoms with Crippen LogP contribution in [0, 0.1) is 0 Å². The Morgan fingerprint density at radius 1 is 0.947 bits per heavy atom. The molecule has 3 nitrogen and oxygen atoms in total. The van der Waals surface area contributed by atoms with E-state index >= 15 is 0 Å². The fourth-order valence-electron chi connectivity index (χ4n) is 1.78. The highest BCUT2D eigenvalue weighted by Gasteiger charge is 2.04. The van der Waals surface area contributed by atoms with Gasteiger partial charge in [-0.1, -0.05) is 49.4 Å². The Kier molecular flexibility index (Phi) is 4.70. The lowest BCUT2D eigenvalue weighted by Gasteiger charge is -2.07. The van der Waals surface area contributed by atoms with Gasteiger partial charge in [0, 0.05) is 12.1 Å². The van der Waals surface area contributed by atoms with Gasteiger partial charge in [-0.2, -0.15) is 0 Å². The van der Waals surface area contributed by atoms with E-state index in [1.165, 1.54) is 0 Å². The van der Waals surface area contributed by atoms with Crippen molar-refractivity contribution in [3.8, 4) is 11.1 Å². The van der Waals surface area contributed by atoms with E-state index in [0.717, 1.165) is 24.1 Å². The van der Waals surface area contributed by atoms with Crippen LogP contribution in [0.5, 0.6) is 0 Å². The molecule has 0 heterocycles. The maximum absolute atomic E-state index is 11.8. The average molecular weight is 254 g/mol. The van der Waals surface area contributed by atoms with Crippen molar-refractivity contribution in [3.05, 3.63) is 60.2 Å². The Morgan fingerprint density at radius 3 is 2.21 bits per heavy atom. The maximum atomic E-state index is 11.8. The first-order chi connectivity index (χ1) is 9.31. The van der Waals surface area contributed by atoms with E-state index in [1.807, 2.05) is 49.4 Å². The monoisotopic (exact) mass is 254 g/mol. The summed E-state index contributed by atoms with van der Waals surface area (Å²) in [6.45, 7) is 2.82. The molecule has 0 saturated carbocycles. The number of rotatable bonds is 5. The smallest absolute Gasteiger partial charge is 0.265 e. The van der Waals surface area contributed by atoms with Gasteiger partial charge < -0.3 is 0 Å². The zero-order valence-corrected chi connectivity index (χ0v) is 11.0. The molecule has 2 aromatic rings. The second kappa shape index (κ2) is 6.71. The third-order valence-corrected chi connectivity index (χ3v) is 2.83. The SMILES string of the molecule is CCCNNC(=O)c1ccc(-c2ccccc2)cc1. The largest absolute Gasteiger partial charge is 0.287 e. The fourth-order valence-corrected chi connectivity index (χ4v) is 1.78. The first-order valence-electron chi connectivity index (χ1n) is 6.50. The highest BCUT2D eigenvalue weighted by atomic mass is 16.2. The van der Waals surface area contributed by atoms with Crippen molar-refractivity contribution in [1.82, 2.24) is 10.9 Å². The van der Waals surface area contributed by atoms with Crippen molar-refractivity contribution in [2.24, 2.45) is 0 Å². The number of hydrazine groups is 1. The third kappa shape index (κ3) is 3.66. The van der Waals surface area contributed by atoms with Gasteiger partial charge in [0.25, 0.3) is 5.91 Å². The van der Waals surface area contributed by atoms with Gasteiger partial charge in [0.15, 0.2) is 0 Å². The van der Waals surface area contributed by atoms with Crippen molar-refractivity contribution in [1.29, 1.82) is 0 Å². The van der Waals surface area contributed by atoms with Crippen LogP contribution in [0.15, 0.2) is 54.6 Å². The number of amides is 1. The van der Waals surface area contributed by atoms with Crippen molar-refractivity contribution in [2.75, 3.05) is 6.54 Å². The van der Waals surface area contributed by atoms with Gasteiger partial charge in [0.05, 0.1) is 0 Å². The van der Waals surface area contributed by atoms with E-state index in [-0.39, 0.29) is 5.91 Å². The molecular weight excluding hydrogens is 236 g/mol. The summed E-state index contributed by atoms with van der Waals surface area (Å²) in [6.07, 6.45) is 0.979.